The summed E-state index contributed by atoms with van der Waals surface area (Å²) in [6, 6.07) is 9.62. The molecule has 1 aromatic carbocycles. The number of rotatable bonds is 0. The zero-order chi connectivity index (χ0) is 5.11. The summed E-state index contributed by atoms with van der Waals surface area (Å²) in [4.78, 5) is 0.905. The largest absolute Gasteiger partial charge is 2.00 e. The van der Waals surface area contributed by atoms with Gasteiger partial charge in [-0.1, -0.05) is 30.3 Å². The molecule has 0 spiro atoms. The van der Waals surface area contributed by atoms with Gasteiger partial charge in [-0.3, -0.25) is 0 Å². The maximum absolute atomic E-state index is 4.81. The van der Waals surface area contributed by atoms with Gasteiger partial charge in [0.1, 0.15) is 0 Å². The van der Waals surface area contributed by atoms with Crippen molar-refractivity contribution in [2.45, 2.75) is 4.90 Å². The van der Waals surface area contributed by atoms with E-state index >= 15 is 0 Å². The van der Waals surface area contributed by atoms with E-state index in [2.05, 4.69) is 0 Å². The van der Waals surface area contributed by atoms with Crippen LogP contribution in [-0.4, -0.2) is 23.1 Å². The van der Waals surface area contributed by atoms with Crippen LogP contribution in [-0.2, 0) is 29.7 Å². The van der Waals surface area contributed by atoms with Gasteiger partial charge in [0.2, 0.25) is 0 Å². The summed E-state index contributed by atoms with van der Waals surface area (Å²) in [5.41, 5.74) is 0. The van der Waals surface area contributed by atoms with Gasteiger partial charge in [-0.25, -0.2) is 0 Å². The molecule has 1 rings (SSSR count). The van der Waals surface area contributed by atoms with Gasteiger partial charge in [0.05, 0.1) is 0 Å². The van der Waals surface area contributed by atoms with Crippen molar-refractivity contribution in [1.29, 1.82) is 0 Å². The Morgan fingerprint density at radius 2 is 1.36 bits per heavy atom. The molecular formula is C7H8BrCuMgS. The summed E-state index contributed by atoms with van der Waals surface area (Å²) >= 11 is 4.81. The second-order valence-corrected chi connectivity index (χ2v) is 1.78. The second kappa shape index (κ2) is 13.8. The first kappa shape index (κ1) is 22.8. The molecule has 4 heteroatoms. The number of halogens is 1. The Hall–Kier alpha value is 1.21. The van der Waals surface area contributed by atoms with Crippen molar-refractivity contribution in [2.24, 2.45) is 0 Å². The topological polar surface area (TPSA) is 0 Å². The van der Waals surface area contributed by atoms with Gasteiger partial charge in [-0.05, 0) is 0 Å². The number of benzene rings is 1. The summed E-state index contributed by atoms with van der Waals surface area (Å²) in [6.07, 6.45) is 0. The number of hydrogen-bond acceptors (Lipinski definition) is 1. The third-order valence-corrected chi connectivity index (χ3v) is 1.02. The summed E-state index contributed by atoms with van der Waals surface area (Å²) in [7, 11) is 0. The van der Waals surface area contributed by atoms with Crippen LogP contribution in [0.1, 0.15) is 0 Å². The normalized spacial score (nSPS) is 5.45. The zero-order valence-electron chi connectivity index (χ0n) is 6.18. The summed E-state index contributed by atoms with van der Waals surface area (Å²) in [5.74, 6) is 0. The van der Waals surface area contributed by atoms with Gasteiger partial charge in [0, 0.05) is 0 Å². The van der Waals surface area contributed by atoms with Gasteiger partial charge in [0.25, 0.3) is 0 Å². The predicted octanol–water partition coefficient (Wildman–Crippen LogP) is -1.34. The average molecular weight is 292 g/mol. The molecule has 0 bridgehead atoms. The Bertz CT molecular complexity index is 148. The third kappa shape index (κ3) is 11.2. The minimum atomic E-state index is 0. The first-order valence-electron chi connectivity index (χ1n) is 2.11. The van der Waals surface area contributed by atoms with Crippen LogP contribution in [0.15, 0.2) is 35.2 Å². The summed E-state index contributed by atoms with van der Waals surface area (Å²) in [6.45, 7) is 0. The van der Waals surface area contributed by atoms with Gasteiger partial charge in [-0.15, -0.1) is 0 Å². The van der Waals surface area contributed by atoms with E-state index in [0.717, 1.165) is 4.90 Å². The standard InChI is InChI=1S/C6H6S.CH3.BrH.Cu.Mg/c7-6-4-2-1-3-5-6;;;;/h1-5,7H;1H3;1H;;/q;-1;;+1;+2/p-2. The molecule has 0 atom stereocenters. The fraction of sp³-hybridized carbons (Fsp3) is 0. The molecule has 11 heavy (non-hydrogen) atoms. The molecule has 0 N–H and O–H groups in total. The predicted molar refractivity (Wildman–Crippen MR) is 44.2 cm³/mol. The zero-order valence-corrected chi connectivity index (χ0v) is 10.9. The minimum absolute atomic E-state index is 0. The molecule has 0 aliphatic carbocycles. The van der Waals surface area contributed by atoms with E-state index in [1.807, 2.05) is 30.3 Å². The molecule has 0 unspecified atom stereocenters. The van der Waals surface area contributed by atoms with Gasteiger partial charge >= 0.3 is 40.1 Å². The fourth-order valence-corrected chi connectivity index (χ4v) is 0.578. The van der Waals surface area contributed by atoms with Crippen LogP contribution in [0.2, 0.25) is 0 Å². The van der Waals surface area contributed by atoms with Crippen molar-refractivity contribution < 1.29 is 34.1 Å². The summed E-state index contributed by atoms with van der Waals surface area (Å²) in [5, 5.41) is 0. The molecule has 0 heterocycles. The Labute approximate surface area is 111 Å². The van der Waals surface area contributed by atoms with E-state index in [-0.39, 0.29) is 64.5 Å². The van der Waals surface area contributed by atoms with Crippen molar-refractivity contribution >= 4 is 35.7 Å². The molecule has 62 valence electrons. The van der Waals surface area contributed by atoms with Crippen LogP contribution >= 0.6 is 0 Å². The summed E-state index contributed by atoms with van der Waals surface area (Å²) < 4.78 is 0. The second-order valence-electron chi connectivity index (χ2n) is 1.31. The smallest absolute Gasteiger partial charge is 1.00 e. The molecule has 0 nitrogen and oxygen atoms in total. The van der Waals surface area contributed by atoms with Crippen LogP contribution in [0.5, 0.6) is 0 Å². The maximum Gasteiger partial charge on any atom is 2.00 e. The van der Waals surface area contributed by atoms with E-state index < -0.39 is 0 Å². The van der Waals surface area contributed by atoms with Crippen LogP contribution in [0.3, 0.4) is 0 Å². The quantitative estimate of drug-likeness (QED) is 0.324. The number of hydrogen-bond donors (Lipinski definition) is 0. The van der Waals surface area contributed by atoms with Gasteiger partial charge in [-0.2, -0.15) is 4.90 Å². The average Bonchev–Trinajstić information content (AvgIpc) is 1.69. The molecule has 0 fully saturated rings. The molecule has 0 saturated heterocycles. The monoisotopic (exact) mass is 290 g/mol. The molecule has 0 saturated carbocycles. The fourth-order valence-electron chi connectivity index (χ4n) is 0.420. The molecule has 0 amide bonds. The van der Waals surface area contributed by atoms with Crippen molar-refractivity contribution in [3.63, 3.8) is 0 Å². The van der Waals surface area contributed by atoms with E-state index in [1.54, 1.807) is 0 Å². The van der Waals surface area contributed by atoms with Gasteiger partial charge < -0.3 is 37.0 Å². The molecule has 0 aromatic heterocycles. The first-order chi connectivity index (χ1) is 3.39. The Balaban J connectivity index is -0.0000000612. The maximum atomic E-state index is 4.81. The molecule has 0 aliphatic rings. The Morgan fingerprint density at radius 3 is 1.55 bits per heavy atom. The molecular weight excluding hydrogens is 284 g/mol. The van der Waals surface area contributed by atoms with E-state index in [1.165, 1.54) is 0 Å². The van der Waals surface area contributed by atoms with Crippen molar-refractivity contribution in [3.05, 3.63) is 37.8 Å². The van der Waals surface area contributed by atoms with Gasteiger partial charge in [0.15, 0.2) is 0 Å². The SMILES string of the molecule is [Br-].[CH3-].[Cu+].[Mg+2].[S-]c1ccccc1. The Morgan fingerprint density at radius 1 is 1.00 bits per heavy atom. The van der Waals surface area contributed by atoms with E-state index in [4.69, 9.17) is 12.6 Å². The van der Waals surface area contributed by atoms with Crippen LogP contribution < -0.4 is 17.0 Å². The van der Waals surface area contributed by atoms with Crippen molar-refractivity contribution in [1.82, 2.24) is 0 Å². The van der Waals surface area contributed by atoms with Crippen LogP contribution in [0.4, 0.5) is 0 Å². The first-order valence-corrected chi connectivity index (χ1v) is 2.52. The van der Waals surface area contributed by atoms with E-state index in [0.29, 0.717) is 0 Å². The third-order valence-electron chi connectivity index (χ3n) is 0.743. The molecule has 0 aliphatic heterocycles. The van der Waals surface area contributed by atoms with Crippen LogP contribution in [0, 0.1) is 7.43 Å². The van der Waals surface area contributed by atoms with Crippen molar-refractivity contribution in [3.8, 4) is 0 Å². The van der Waals surface area contributed by atoms with Crippen molar-refractivity contribution in [2.75, 3.05) is 0 Å². The Kier molecular flexibility index (Phi) is 28.5. The van der Waals surface area contributed by atoms with Crippen LogP contribution in [0.25, 0.3) is 0 Å². The minimum Gasteiger partial charge on any atom is -1.00 e. The van der Waals surface area contributed by atoms with E-state index in [9.17, 15) is 0 Å². The molecule has 1 aromatic rings. The molecule has 0 radical (unpaired) electrons.